The quantitative estimate of drug-likeness (QED) is 0.933. The molecule has 2 aromatic rings. The van der Waals surface area contributed by atoms with Crippen LogP contribution in [0, 0.1) is 0 Å². The number of halogens is 3. The Kier molecular flexibility index (Phi) is 3.73. The summed E-state index contributed by atoms with van der Waals surface area (Å²) in [6.45, 7) is 0.636. The fourth-order valence-electron chi connectivity index (χ4n) is 2.30. The molecule has 0 unspecified atom stereocenters. The average Bonchev–Trinajstić information content (AvgIpc) is 3.13. The van der Waals surface area contributed by atoms with Crippen LogP contribution < -0.4 is 5.32 Å². The normalized spacial score (nSPS) is 18.8. The highest BCUT2D eigenvalue weighted by molar-refractivity contribution is 5.80. The standard InChI is InChI=1S/C13H13F3N4O2/c14-13(15,16)8-3-4-20-10(6-8)18-19-11(20)7-17-12(21)9-2-1-5-22-9/h3-4,6,9H,1-2,5,7H2,(H,17,21)/t9-/m1/s1. The van der Waals surface area contributed by atoms with Gasteiger partial charge in [-0.3, -0.25) is 9.20 Å². The zero-order valence-electron chi connectivity index (χ0n) is 11.4. The molecule has 0 spiro atoms. The maximum atomic E-state index is 12.6. The molecule has 9 heteroatoms. The monoisotopic (exact) mass is 314 g/mol. The van der Waals surface area contributed by atoms with Crippen LogP contribution in [0.1, 0.15) is 24.2 Å². The second kappa shape index (κ2) is 5.56. The molecule has 1 atom stereocenters. The summed E-state index contributed by atoms with van der Waals surface area (Å²) in [7, 11) is 0. The van der Waals surface area contributed by atoms with E-state index in [1.54, 1.807) is 0 Å². The predicted molar refractivity (Wildman–Crippen MR) is 68.8 cm³/mol. The van der Waals surface area contributed by atoms with Crippen molar-refractivity contribution in [3.05, 3.63) is 29.7 Å². The zero-order chi connectivity index (χ0) is 15.7. The molecule has 3 heterocycles. The number of rotatable bonds is 3. The van der Waals surface area contributed by atoms with Crippen molar-refractivity contribution in [3.8, 4) is 0 Å². The number of nitrogens with one attached hydrogen (secondary N) is 1. The Morgan fingerprint density at radius 1 is 1.45 bits per heavy atom. The first kappa shape index (κ1) is 14.8. The van der Waals surface area contributed by atoms with Crippen molar-refractivity contribution in [3.63, 3.8) is 0 Å². The summed E-state index contributed by atoms with van der Waals surface area (Å²) in [5.41, 5.74) is -0.710. The van der Waals surface area contributed by atoms with Crippen LogP contribution in [-0.4, -0.2) is 33.2 Å². The number of amides is 1. The molecule has 1 fully saturated rings. The molecule has 2 aromatic heterocycles. The van der Waals surface area contributed by atoms with Crippen molar-refractivity contribution in [2.75, 3.05) is 6.61 Å². The van der Waals surface area contributed by atoms with Crippen LogP contribution in [0.25, 0.3) is 5.65 Å². The van der Waals surface area contributed by atoms with Gasteiger partial charge in [-0.15, -0.1) is 10.2 Å². The van der Waals surface area contributed by atoms with Gasteiger partial charge in [-0.25, -0.2) is 0 Å². The lowest BCUT2D eigenvalue weighted by molar-refractivity contribution is -0.137. The third-order valence-corrected chi connectivity index (χ3v) is 3.45. The van der Waals surface area contributed by atoms with Gasteiger partial charge >= 0.3 is 6.18 Å². The predicted octanol–water partition coefficient (Wildman–Crippen LogP) is 1.54. The van der Waals surface area contributed by atoms with Crippen LogP contribution in [0.5, 0.6) is 0 Å². The molecule has 118 valence electrons. The highest BCUT2D eigenvalue weighted by Crippen LogP contribution is 2.29. The van der Waals surface area contributed by atoms with Crippen molar-refractivity contribution >= 4 is 11.6 Å². The van der Waals surface area contributed by atoms with Gasteiger partial charge in [0.1, 0.15) is 6.10 Å². The van der Waals surface area contributed by atoms with Gasteiger partial charge in [0, 0.05) is 12.8 Å². The maximum Gasteiger partial charge on any atom is 0.416 e. The van der Waals surface area contributed by atoms with Gasteiger partial charge in [0.15, 0.2) is 11.5 Å². The smallest absolute Gasteiger partial charge is 0.368 e. The second-order valence-corrected chi connectivity index (χ2v) is 4.98. The van der Waals surface area contributed by atoms with E-state index >= 15 is 0 Å². The summed E-state index contributed by atoms with van der Waals surface area (Å²) in [5, 5.41) is 10.2. The molecule has 0 bridgehead atoms. The number of nitrogens with zero attached hydrogens (tertiary/aromatic N) is 3. The second-order valence-electron chi connectivity index (χ2n) is 4.98. The molecule has 0 aromatic carbocycles. The SMILES string of the molecule is O=C(NCc1nnc2cc(C(F)(F)F)ccn12)[C@H]1CCCO1. The van der Waals surface area contributed by atoms with Gasteiger partial charge < -0.3 is 10.1 Å². The summed E-state index contributed by atoms with van der Waals surface area (Å²) in [6.07, 6.45) is -2.14. The Morgan fingerprint density at radius 2 is 2.27 bits per heavy atom. The largest absolute Gasteiger partial charge is 0.416 e. The number of fused-ring (bicyclic) bond motifs is 1. The summed E-state index contributed by atoms with van der Waals surface area (Å²) < 4.78 is 44.5. The Morgan fingerprint density at radius 3 is 2.95 bits per heavy atom. The topological polar surface area (TPSA) is 68.5 Å². The molecule has 6 nitrogen and oxygen atoms in total. The molecule has 0 aliphatic carbocycles. The van der Waals surface area contributed by atoms with Crippen molar-refractivity contribution in [1.29, 1.82) is 0 Å². The van der Waals surface area contributed by atoms with Crippen LogP contribution in [0.15, 0.2) is 18.3 Å². The number of carbonyl (C=O) groups is 1. The zero-order valence-corrected chi connectivity index (χ0v) is 11.4. The third-order valence-electron chi connectivity index (χ3n) is 3.45. The van der Waals surface area contributed by atoms with Crippen LogP contribution in [-0.2, 0) is 22.3 Å². The van der Waals surface area contributed by atoms with E-state index in [0.29, 0.717) is 18.9 Å². The number of carbonyl (C=O) groups excluding carboxylic acids is 1. The highest BCUT2D eigenvalue weighted by atomic mass is 19.4. The van der Waals surface area contributed by atoms with Gasteiger partial charge in [-0.05, 0) is 25.0 Å². The number of pyridine rings is 1. The van der Waals surface area contributed by atoms with E-state index < -0.39 is 17.8 Å². The van der Waals surface area contributed by atoms with E-state index in [0.717, 1.165) is 18.6 Å². The molecule has 0 saturated carbocycles. The molecule has 3 rings (SSSR count). The van der Waals surface area contributed by atoms with Gasteiger partial charge in [0.25, 0.3) is 0 Å². The molecule has 0 radical (unpaired) electrons. The minimum Gasteiger partial charge on any atom is -0.368 e. The Labute approximate surface area is 123 Å². The minimum absolute atomic E-state index is 0.0746. The van der Waals surface area contributed by atoms with Gasteiger partial charge in [-0.2, -0.15) is 13.2 Å². The van der Waals surface area contributed by atoms with E-state index in [1.807, 2.05) is 0 Å². The van der Waals surface area contributed by atoms with E-state index in [-0.39, 0.29) is 18.1 Å². The number of alkyl halides is 3. The van der Waals surface area contributed by atoms with Crippen LogP contribution in [0.4, 0.5) is 13.2 Å². The highest BCUT2D eigenvalue weighted by Gasteiger charge is 2.31. The van der Waals surface area contributed by atoms with E-state index in [9.17, 15) is 18.0 Å². The summed E-state index contributed by atoms with van der Waals surface area (Å²) in [6, 6.07) is 1.86. The van der Waals surface area contributed by atoms with Gasteiger partial charge in [-0.1, -0.05) is 0 Å². The first-order valence-electron chi connectivity index (χ1n) is 6.75. The van der Waals surface area contributed by atoms with Crippen LogP contribution in [0.3, 0.4) is 0 Å². The first-order chi connectivity index (χ1) is 10.4. The third kappa shape index (κ3) is 2.89. The fraction of sp³-hybridized carbons (Fsp3) is 0.462. The average molecular weight is 314 g/mol. The molecule has 1 N–H and O–H groups in total. The Bertz CT molecular complexity index is 692. The Hall–Kier alpha value is -2.16. The summed E-state index contributed by atoms with van der Waals surface area (Å²) >= 11 is 0. The number of ether oxygens (including phenoxy) is 1. The minimum atomic E-state index is -4.43. The molecule has 1 aliphatic rings. The molecule has 22 heavy (non-hydrogen) atoms. The maximum absolute atomic E-state index is 12.6. The van der Waals surface area contributed by atoms with Crippen molar-refractivity contribution in [2.24, 2.45) is 0 Å². The lowest BCUT2D eigenvalue weighted by Crippen LogP contribution is -2.34. The van der Waals surface area contributed by atoms with Gasteiger partial charge in [0.2, 0.25) is 5.91 Å². The molecule has 1 saturated heterocycles. The fourth-order valence-corrected chi connectivity index (χ4v) is 2.30. The number of aromatic nitrogens is 3. The number of hydrogen-bond donors (Lipinski definition) is 1. The van der Waals surface area contributed by atoms with Crippen LogP contribution >= 0.6 is 0 Å². The Balaban J connectivity index is 1.73. The molecule has 1 aliphatic heterocycles. The number of hydrogen-bond acceptors (Lipinski definition) is 4. The summed E-state index contributed by atoms with van der Waals surface area (Å²) in [5.74, 6) is 0.108. The van der Waals surface area contributed by atoms with Crippen molar-refractivity contribution < 1.29 is 22.7 Å². The lowest BCUT2D eigenvalue weighted by Gasteiger charge is -2.10. The molecular weight excluding hydrogens is 301 g/mol. The van der Waals surface area contributed by atoms with Crippen molar-refractivity contribution in [2.45, 2.75) is 31.7 Å². The van der Waals surface area contributed by atoms with E-state index in [2.05, 4.69) is 15.5 Å². The molecular formula is C13H13F3N4O2. The van der Waals surface area contributed by atoms with E-state index in [1.165, 1.54) is 10.6 Å². The van der Waals surface area contributed by atoms with Gasteiger partial charge in [0.05, 0.1) is 12.1 Å². The lowest BCUT2D eigenvalue weighted by atomic mass is 10.2. The summed E-state index contributed by atoms with van der Waals surface area (Å²) in [4.78, 5) is 11.8. The first-order valence-corrected chi connectivity index (χ1v) is 6.75. The van der Waals surface area contributed by atoms with Crippen molar-refractivity contribution in [1.82, 2.24) is 19.9 Å². The van der Waals surface area contributed by atoms with Crippen LogP contribution in [0.2, 0.25) is 0 Å². The molecule has 1 amide bonds. The van der Waals surface area contributed by atoms with E-state index in [4.69, 9.17) is 4.74 Å².